The number of hydrogen-bond acceptors (Lipinski definition) is 2. The van der Waals surface area contributed by atoms with Crippen LogP contribution < -0.4 is 5.32 Å². The van der Waals surface area contributed by atoms with Gasteiger partial charge in [-0.15, -0.1) is 0 Å². The van der Waals surface area contributed by atoms with Crippen molar-refractivity contribution in [2.24, 2.45) is 40.9 Å². The van der Waals surface area contributed by atoms with Crippen molar-refractivity contribution in [2.75, 3.05) is 5.32 Å². The minimum absolute atomic E-state index is 0.151. The number of rotatable bonds is 2. The van der Waals surface area contributed by atoms with Gasteiger partial charge < -0.3 is 10.4 Å². The van der Waals surface area contributed by atoms with Gasteiger partial charge in [0.1, 0.15) is 0 Å². The summed E-state index contributed by atoms with van der Waals surface area (Å²) in [7, 11) is 0. The Labute approximate surface area is 175 Å². The molecule has 0 aliphatic heterocycles. The van der Waals surface area contributed by atoms with Gasteiger partial charge in [0.2, 0.25) is 5.91 Å². The summed E-state index contributed by atoms with van der Waals surface area (Å²) in [5.41, 5.74) is 0.645. The van der Waals surface area contributed by atoms with E-state index in [0.717, 1.165) is 48.6 Å². The summed E-state index contributed by atoms with van der Waals surface area (Å²) >= 11 is 0. The van der Waals surface area contributed by atoms with Crippen LogP contribution in [0.4, 0.5) is 5.69 Å². The number of para-hydroxylation sites is 1. The van der Waals surface area contributed by atoms with Gasteiger partial charge in [-0.2, -0.15) is 0 Å². The van der Waals surface area contributed by atoms with Crippen LogP contribution >= 0.6 is 0 Å². The number of amides is 1. The number of carbonyl (C=O) groups is 1. The molecule has 0 radical (unpaired) electrons. The molecule has 0 saturated heterocycles. The lowest BCUT2D eigenvalue weighted by molar-refractivity contribution is -0.129. The zero-order valence-electron chi connectivity index (χ0n) is 18.1. The molecule has 2 N–H and O–H groups in total. The first-order valence-electron chi connectivity index (χ1n) is 12.0. The van der Waals surface area contributed by atoms with Crippen molar-refractivity contribution in [1.82, 2.24) is 0 Å². The van der Waals surface area contributed by atoms with Crippen molar-refractivity contribution in [3.63, 3.8) is 0 Å². The number of nitrogens with one attached hydrogen (secondary N) is 1. The standard InChI is InChI=1S/C26H37NO2/c1-25(29)14-12-19-17(16-25)8-9-21-20(19)13-15-26(2)22(21)10-11-23(26)24(28)27-18-6-4-3-5-7-18/h3-7,17,19-23,29H,8-16H2,1-2H3,(H,27,28)/t17-,19+,20-,21-,22+,23-,25-,26+/m1/s1. The molecular formula is C26H37NO2. The third-order valence-corrected chi connectivity index (χ3v) is 9.59. The Morgan fingerprint density at radius 3 is 2.48 bits per heavy atom. The normalized spacial score (nSPS) is 46.3. The summed E-state index contributed by atoms with van der Waals surface area (Å²) in [4.78, 5) is 13.2. The Bertz CT molecular complexity index is 759. The van der Waals surface area contributed by atoms with Crippen molar-refractivity contribution < 1.29 is 9.90 Å². The Morgan fingerprint density at radius 2 is 1.69 bits per heavy atom. The molecule has 5 rings (SSSR count). The van der Waals surface area contributed by atoms with Crippen molar-refractivity contribution >= 4 is 11.6 Å². The predicted octanol–water partition coefficient (Wildman–Crippen LogP) is 5.64. The predicted molar refractivity (Wildman–Crippen MR) is 116 cm³/mol. The monoisotopic (exact) mass is 395 g/mol. The largest absolute Gasteiger partial charge is 0.390 e. The van der Waals surface area contributed by atoms with E-state index in [4.69, 9.17) is 0 Å². The third kappa shape index (κ3) is 3.34. The molecule has 4 fully saturated rings. The van der Waals surface area contributed by atoms with E-state index in [1.165, 1.54) is 38.5 Å². The molecule has 0 unspecified atom stereocenters. The summed E-state index contributed by atoms with van der Waals surface area (Å²) < 4.78 is 0. The second-order valence-corrected chi connectivity index (χ2v) is 11.2. The SMILES string of the molecule is C[C@@]1(O)CC[C@H]2[C@H](CC[C@@H]3[C@@H]2CC[C@]2(C)[C@@H](C(=O)Nc4ccccc4)CC[C@@H]32)C1. The van der Waals surface area contributed by atoms with E-state index in [1.807, 2.05) is 37.3 Å². The summed E-state index contributed by atoms with van der Waals surface area (Å²) in [6, 6.07) is 9.94. The average Bonchev–Trinajstić information content (AvgIpc) is 3.05. The van der Waals surface area contributed by atoms with E-state index in [-0.39, 0.29) is 17.2 Å². The van der Waals surface area contributed by atoms with Gasteiger partial charge in [0.25, 0.3) is 0 Å². The summed E-state index contributed by atoms with van der Waals surface area (Å²) in [5.74, 6) is 4.27. The van der Waals surface area contributed by atoms with E-state index in [2.05, 4.69) is 12.2 Å². The van der Waals surface area contributed by atoms with Crippen molar-refractivity contribution in [1.29, 1.82) is 0 Å². The molecule has 4 aliphatic rings. The van der Waals surface area contributed by atoms with E-state index >= 15 is 0 Å². The van der Waals surface area contributed by atoms with Crippen LogP contribution in [-0.2, 0) is 4.79 Å². The smallest absolute Gasteiger partial charge is 0.228 e. The summed E-state index contributed by atoms with van der Waals surface area (Å²) in [5, 5.41) is 13.8. The van der Waals surface area contributed by atoms with E-state index in [1.54, 1.807) is 0 Å². The molecule has 1 amide bonds. The highest BCUT2D eigenvalue weighted by Gasteiger charge is 2.58. The number of fused-ring (bicyclic) bond motifs is 5. The summed E-state index contributed by atoms with van der Waals surface area (Å²) in [6.07, 6.45) is 10.5. The van der Waals surface area contributed by atoms with Gasteiger partial charge in [-0.05, 0) is 112 Å². The Hall–Kier alpha value is -1.35. The molecule has 0 spiro atoms. The maximum atomic E-state index is 13.2. The quantitative estimate of drug-likeness (QED) is 0.680. The zero-order chi connectivity index (χ0) is 20.2. The average molecular weight is 396 g/mol. The number of benzene rings is 1. The first-order chi connectivity index (χ1) is 13.9. The lowest BCUT2D eigenvalue weighted by Gasteiger charge is -2.56. The van der Waals surface area contributed by atoms with Crippen LogP contribution in [0, 0.1) is 40.9 Å². The maximum absolute atomic E-state index is 13.2. The molecule has 158 valence electrons. The van der Waals surface area contributed by atoms with Crippen LogP contribution in [0.1, 0.15) is 71.6 Å². The number of carbonyl (C=O) groups excluding carboxylic acids is 1. The first-order valence-corrected chi connectivity index (χ1v) is 12.0. The van der Waals surface area contributed by atoms with Crippen LogP contribution in [0.2, 0.25) is 0 Å². The summed E-state index contributed by atoms with van der Waals surface area (Å²) in [6.45, 7) is 4.47. The molecule has 0 bridgehead atoms. The maximum Gasteiger partial charge on any atom is 0.228 e. The van der Waals surface area contributed by atoms with Gasteiger partial charge in [0.05, 0.1) is 5.60 Å². The highest BCUT2D eigenvalue weighted by Crippen LogP contribution is 2.64. The van der Waals surface area contributed by atoms with Crippen molar-refractivity contribution in [3.05, 3.63) is 30.3 Å². The van der Waals surface area contributed by atoms with Crippen LogP contribution in [-0.4, -0.2) is 16.6 Å². The van der Waals surface area contributed by atoms with Gasteiger partial charge in [-0.25, -0.2) is 0 Å². The zero-order valence-corrected chi connectivity index (χ0v) is 18.1. The fourth-order valence-electron chi connectivity index (χ4n) is 8.26. The Balaban J connectivity index is 1.31. The molecule has 1 aromatic rings. The van der Waals surface area contributed by atoms with Gasteiger partial charge >= 0.3 is 0 Å². The van der Waals surface area contributed by atoms with E-state index in [9.17, 15) is 9.90 Å². The number of aliphatic hydroxyl groups is 1. The molecule has 0 aromatic heterocycles. The third-order valence-electron chi connectivity index (χ3n) is 9.59. The van der Waals surface area contributed by atoms with E-state index in [0.29, 0.717) is 5.92 Å². The highest BCUT2D eigenvalue weighted by molar-refractivity contribution is 5.93. The highest BCUT2D eigenvalue weighted by atomic mass is 16.3. The first kappa shape index (κ1) is 19.6. The Kier molecular flexibility index (Phi) is 4.81. The van der Waals surface area contributed by atoms with Gasteiger partial charge in [0.15, 0.2) is 0 Å². The lowest BCUT2D eigenvalue weighted by Crippen LogP contribution is -2.51. The molecule has 0 heterocycles. The van der Waals surface area contributed by atoms with Gasteiger partial charge in [-0.1, -0.05) is 25.1 Å². The van der Waals surface area contributed by atoms with E-state index < -0.39 is 5.60 Å². The minimum Gasteiger partial charge on any atom is -0.390 e. The molecule has 1 aromatic carbocycles. The number of anilines is 1. The fourth-order valence-corrected chi connectivity index (χ4v) is 8.26. The molecular weight excluding hydrogens is 358 g/mol. The molecule has 29 heavy (non-hydrogen) atoms. The van der Waals surface area contributed by atoms with Crippen LogP contribution in [0.15, 0.2) is 30.3 Å². The molecule has 4 aliphatic carbocycles. The second-order valence-electron chi connectivity index (χ2n) is 11.2. The lowest BCUT2D eigenvalue weighted by atomic mass is 9.49. The molecule has 4 saturated carbocycles. The van der Waals surface area contributed by atoms with Crippen molar-refractivity contribution in [3.8, 4) is 0 Å². The second kappa shape index (κ2) is 7.11. The van der Waals surface area contributed by atoms with Crippen molar-refractivity contribution in [2.45, 2.75) is 77.2 Å². The van der Waals surface area contributed by atoms with Crippen LogP contribution in [0.25, 0.3) is 0 Å². The van der Waals surface area contributed by atoms with Gasteiger partial charge in [0, 0.05) is 11.6 Å². The van der Waals surface area contributed by atoms with Crippen LogP contribution in [0.5, 0.6) is 0 Å². The topological polar surface area (TPSA) is 49.3 Å². The van der Waals surface area contributed by atoms with Gasteiger partial charge in [-0.3, -0.25) is 4.79 Å². The molecule has 8 atom stereocenters. The minimum atomic E-state index is -0.439. The fraction of sp³-hybridized carbons (Fsp3) is 0.731. The molecule has 3 nitrogen and oxygen atoms in total. The molecule has 3 heteroatoms. The number of hydrogen-bond donors (Lipinski definition) is 2. The Morgan fingerprint density at radius 1 is 0.931 bits per heavy atom. The van der Waals surface area contributed by atoms with Crippen LogP contribution in [0.3, 0.4) is 0 Å².